The summed E-state index contributed by atoms with van der Waals surface area (Å²) in [6, 6.07) is 18.9. The molecule has 1 aliphatic rings. The van der Waals surface area contributed by atoms with Crippen molar-refractivity contribution in [2.75, 3.05) is 25.0 Å². The largest absolute Gasteiger partial charge is 0.344 e. The number of fused-ring (bicyclic) bond motifs is 1. The van der Waals surface area contributed by atoms with Crippen molar-refractivity contribution < 1.29 is 0 Å². The fourth-order valence-corrected chi connectivity index (χ4v) is 5.33. The van der Waals surface area contributed by atoms with Crippen molar-refractivity contribution in [3.05, 3.63) is 60.8 Å². The Hall–Kier alpha value is -2.11. The van der Waals surface area contributed by atoms with Crippen LogP contribution in [0.1, 0.15) is 32.6 Å². The summed E-state index contributed by atoms with van der Waals surface area (Å²) in [5.74, 6) is 0.810. The van der Waals surface area contributed by atoms with Gasteiger partial charge >= 0.3 is 0 Å². The number of hydrogen-bond donors (Lipinski definition) is 0. The first-order valence-corrected chi connectivity index (χ1v) is 10.9. The van der Waals surface area contributed by atoms with Gasteiger partial charge < -0.3 is 4.90 Å². The first-order valence-electron chi connectivity index (χ1n) is 10.1. The highest BCUT2D eigenvalue weighted by molar-refractivity contribution is 7.97. The quantitative estimate of drug-likeness (QED) is 0.502. The van der Waals surface area contributed by atoms with Gasteiger partial charge in [-0.3, -0.25) is 0 Å². The van der Waals surface area contributed by atoms with Crippen molar-refractivity contribution in [3.63, 3.8) is 0 Å². The molecule has 3 aromatic rings. The monoisotopic (exact) mass is 392 g/mol. The lowest BCUT2D eigenvalue weighted by molar-refractivity contribution is 0.234. The van der Waals surface area contributed by atoms with E-state index >= 15 is 0 Å². The van der Waals surface area contributed by atoms with Gasteiger partial charge in [0, 0.05) is 42.2 Å². The van der Waals surface area contributed by atoms with Crippen molar-refractivity contribution in [1.82, 2.24) is 14.3 Å². The van der Waals surface area contributed by atoms with Crippen LogP contribution in [0.15, 0.2) is 65.7 Å². The Morgan fingerprint density at radius 3 is 2.71 bits per heavy atom. The fraction of sp³-hybridized carbons (Fsp3) is 0.391. The van der Waals surface area contributed by atoms with Gasteiger partial charge in [-0.05, 0) is 55.8 Å². The van der Waals surface area contributed by atoms with Crippen molar-refractivity contribution in [1.29, 1.82) is 0 Å². The Labute approximate surface area is 172 Å². The summed E-state index contributed by atoms with van der Waals surface area (Å²) in [6.45, 7) is 4.44. The summed E-state index contributed by atoms with van der Waals surface area (Å²) in [7, 11) is 2.11. The molecule has 5 heteroatoms. The van der Waals surface area contributed by atoms with E-state index in [9.17, 15) is 0 Å². The van der Waals surface area contributed by atoms with Crippen LogP contribution in [0.5, 0.6) is 0 Å². The summed E-state index contributed by atoms with van der Waals surface area (Å²) in [6.07, 6.45) is 6.74. The molecule has 1 atom stereocenters. The number of anilines is 1. The molecule has 1 aliphatic heterocycles. The zero-order valence-corrected chi connectivity index (χ0v) is 17.5. The molecule has 0 aliphatic carbocycles. The number of aromatic nitrogens is 2. The molecule has 0 saturated carbocycles. The van der Waals surface area contributed by atoms with Gasteiger partial charge in [0.25, 0.3) is 0 Å². The van der Waals surface area contributed by atoms with E-state index in [4.69, 9.17) is 4.98 Å². The van der Waals surface area contributed by atoms with Gasteiger partial charge in [0.05, 0.1) is 5.52 Å². The van der Waals surface area contributed by atoms with E-state index in [1.54, 1.807) is 0 Å². The predicted molar refractivity (Wildman–Crippen MR) is 119 cm³/mol. The second kappa shape index (κ2) is 8.50. The lowest BCUT2D eigenvalue weighted by Gasteiger charge is -2.38. The maximum absolute atomic E-state index is 4.75. The van der Waals surface area contributed by atoms with Crippen molar-refractivity contribution in [2.45, 2.75) is 43.0 Å². The Morgan fingerprint density at radius 2 is 1.89 bits per heavy atom. The second-order valence-corrected chi connectivity index (χ2v) is 8.68. The topological polar surface area (TPSA) is 32.3 Å². The zero-order chi connectivity index (χ0) is 19.4. The van der Waals surface area contributed by atoms with Gasteiger partial charge in [-0.15, -0.1) is 0 Å². The van der Waals surface area contributed by atoms with Crippen LogP contribution >= 0.6 is 11.9 Å². The van der Waals surface area contributed by atoms with E-state index in [1.165, 1.54) is 24.2 Å². The third-order valence-electron chi connectivity index (χ3n) is 5.88. The minimum absolute atomic E-state index is 0.242. The van der Waals surface area contributed by atoms with Crippen LogP contribution in [0.4, 0.5) is 5.95 Å². The van der Waals surface area contributed by atoms with Gasteiger partial charge in [-0.2, -0.15) is 0 Å². The minimum Gasteiger partial charge on any atom is -0.344 e. The highest BCUT2D eigenvalue weighted by atomic mass is 32.2. The van der Waals surface area contributed by atoms with E-state index in [-0.39, 0.29) is 5.54 Å². The van der Waals surface area contributed by atoms with Gasteiger partial charge in [0.15, 0.2) is 0 Å². The number of hydrogen-bond acceptors (Lipinski definition) is 5. The van der Waals surface area contributed by atoms with Gasteiger partial charge in [0.1, 0.15) is 0 Å². The first-order chi connectivity index (χ1) is 13.7. The fourth-order valence-electron chi connectivity index (χ4n) is 4.07. The number of rotatable bonds is 7. The van der Waals surface area contributed by atoms with Crippen LogP contribution < -0.4 is 4.90 Å². The smallest absolute Gasteiger partial charge is 0.225 e. The van der Waals surface area contributed by atoms with Gasteiger partial charge in [-0.1, -0.05) is 43.3 Å². The molecule has 0 amide bonds. The molecule has 4 rings (SSSR count). The lowest BCUT2D eigenvalue weighted by Crippen LogP contribution is -2.42. The van der Waals surface area contributed by atoms with E-state index < -0.39 is 0 Å². The van der Waals surface area contributed by atoms with Crippen LogP contribution in [-0.4, -0.2) is 39.9 Å². The summed E-state index contributed by atoms with van der Waals surface area (Å²) >= 11 is 1.92. The molecule has 2 aromatic carbocycles. The summed E-state index contributed by atoms with van der Waals surface area (Å²) in [4.78, 5) is 12.9. The Morgan fingerprint density at radius 1 is 1.11 bits per heavy atom. The van der Waals surface area contributed by atoms with Gasteiger partial charge in [-0.25, -0.2) is 14.3 Å². The van der Waals surface area contributed by atoms with Crippen molar-refractivity contribution in [3.8, 4) is 0 Å². The molecule has 2 heterocycles. The number of nitrogens with zero attached hydrogens (tertiary/aromatic N) is 4. The molecule has 1 saturated heterocycles. The molecule has 0 radical (unpaired) electrons. The van der Waals surface area contributed by atoms with Crippen molar-refractivity contribution >= 4 is 28.8 Å². The summed E-state index contributed by atoms with van der Waals surface area (Å²) in [5.41, 5.74) is 1.25. The first kappa shape index (κ1) is 19.2. The predicted octanol–water partition coefficient (Wildman–Crippen LogP) is 5.41. The van der Waals surface area contributed by atoms with Crippen LogP contribution in [0.25, 0.3) is 10.9 Å². The molecule has 0 N–H and O–H groups in total. The normalized spacial score (nSPS) is 19.9. The average Bonchev–Trinajstić information content (AvgIpc) is 3.15. The van der Waals surface area contributed by atoms with Crippen LogP contribution in [-0.2, 0) is 0 Å². The number of para-hydroxylation sites is 1. The molecular formula is C23H28N4S. The summed E-state index contributed by atoms with van der Waals surface area (Å²) < 4.78 is 2.62. The maximum Gasteiger partial charge on any atom is 0.225 e. The SMILES string of the molecule is CCC1(CCN(C)c2ncc3ccccc3n2)CCCN1Sc1ccccc1. The molecule has 1 fully saturated rings. The number of benzene rings is 2. The van der Waals surface area contributed by atoms with E-state index in [2.05, 4.69) is 70.6 Å². The third-order valence-corrected chi connectivity index (χ3v) is 7.15. The molecule has 0 bridgehead atoms. The molecule has 146 valence electrons. The van der Waals surface area contributed by atoms with Crippen LogP contribution in [0.2, 0.25) is 0 Å². The standard InChI is InChI=1S/C23H28N4S/c1-3-23(14-9-16-27(23)28-20-11-5-4-6-12-20)15-17-26(2)22-24-18-19-10-7-8-13-21(19)25-22/h4-8,10-13,18H,3,9,14-17H2,1-2H3. The Balaban J connectivity index is 1.46. The maximum atomic E-state index is 4.75. The van der Waals surface area contributed by atoms with Gasteiger partial charge in [0.2, 0.25) is 5.95 Å². The molecule has 1 unspecified atom stereocenters. The molecular weight excluding hydrogens is 364 g/mol. The Bertz CT molecular complexity index is 917. The average molecular weight is 393 g/mol. The lowest BCUT2D eigenvalue weighted by atomic mass is 9.90. The third kappa shape index (κ3) is 4.01. The molecule has 1 aromatic heterocycles. The minimum atomic E-state index is 0.242. The van der Waals surface area contributed by atoms with Crippen molar-refractivity contribution in [2.24, 2.45) is 0 Å². The summed E-state index contributed by atoms with van der Waals surface area (Å²) in [5, 5.41) is 1.09. The molecule has 4 nitrogen and oxygen atoms in total. The van der Waals surface area contributed by atoms with E-state index in [0.717, 1.165) is 36.4 Å². The van der Waals surface area contributed by atoms with Crippen LogP contribution in [0.3, 0.4) is 0 Å². The van der Waals surface area contributed by atoms with E-state index in [1.807, 2.05) is 30.3 Å². The molecule has 28 heavy (non-hydrogen) atoms. The van der Waals surface area contributed by atoms with Crippen LogP contribution in [0, 0.1) is 0 Å². The highest BCUT2D eigenvalue weighted by Crippen LogP contribution is 2.42. The zero-order valence-electron chi connectivity index (χ0n) is 16.7. The highest BCUT2D eigenvalue weighted by Gasteiger charge is 2.40. The second-order valence-electron chi connectivity index (χ2n) is 7.59. The van der Waals surface area contributed by atoms with E-state index in [0.29, 0.717) is 0 Å². The Kier molecular flexibility index (Phi) is 5.83. The molecule has 0 spiro atoms.